The summed E-state index contributed by atoms with van der Waals surface area (Å²) in [7, 11) is 0. The predicted octanol–water partition coefficient (Wildman–Crippen LogP) is 3.12. The molecule has 8 heteroatoms. The van der Waals surface area contributed by atoms with Crippen LogP contribution in [0.4, 0.5) is 5.82 Å². The molecule has 4 N–H and O–H groups in total. The highest BCUT2D eigenvalue weighted by molar-refractivity contribution is 5.94. The van der Waals surface area contributed by atoms with Crippen LogP contribution in [0.15, 0.2) is 54.6 Å². The summed E-state index contributed by atoms with van der Waals surface area (Å²) in [5.74, 6) is 2.40. The van der Waals surface area contributed by atoms with E-state index in [1.165, 1.54) is 0 Å². The number of para-hydroxylation sites is 1. The van der Waals surface area contributed by atoms with Crippen molar-refractivity contribution in [2.24, 2.45) is 11.8 Å². The van der Waals surface area contributed by atoms with Gasteiger partial charge in [-0.1, -0.05) is 24.3 Å². The van der Waals surface area contributed by atoms with Crippen LogP contribution in [0.25, 0.3) is 11.3 Å². The van der Waals surface area contributed by atoms with E-state index in [0.717, 1.165) is 62.0 Å². The Morgan fingerprint density at radius 3 is 2.49 bits per heavy atom. The maximum Gasteiger partial charge on any atom is 0.253 e. The third kappa shape index (κ3) is 5.22. The number of phenolic OH excluding ortho intramolecular Hbond substituents is 1. The molecule has 2 saturated heterocycles. The van der Waals surface area contributed by atoms with Crippen LogP contribution in [-0.4, -0.2) is 58.9 Å². The van der Waals surface area contributed by atoms with Gasteiger partial charge in [0.1, 0.15) is 11.4 Å². The maximum atomic E-state index is 12.9. The number of benzene rings is 2. The van der Waals surface area contributed by atoms with Gasteiger partial charge in [-0.15, -0.1) is 10.2 Å². The monoisotopic (exact) mass is 473 g/mol. The van der Waals surface area contributed by atoms with Crippen molar-refractivity contribution < 1.29 is 14.6 Å². The molecule has 0 atom stereocenters. The molecule has 5 rings (SSSR count). The number of nitrogens with one attached hydrogen (secondary N) is 1. The van der Waals surface area contributed by atoms with E-state index in [-0.39, 0.29) is 17.5 Å². The minimum atomic E-state index is 0.116. The number of anilines is 1. The van der Waals surface area contributed by atoms with Crippen molar-refractivity contribution in [3.63, 3.8) is 0 Å². The lowest BCUT2D eigenvalue weighted by Crippen LogP contribution is -2.49. The molecular formula is C27H31N5O3. The van der Waals surface area contributed by atoms with Gasteiger partial charge in [0.05, 0.1) is 6.61 Å². The number of piperidine rings is 1. The molecule has 1 aromatic heterocycles. The summed E-state index contributed by atoms with van der Waals surface area (Å²) in [6, 6.07) is 16.4. The molecule has 2 aliphatic heterocycles. The number of likely N-dealkylation sites (tertiary alicyclic amines) is 1. The van der Waals surface area contributed by atoms with Crippen LogP contribution < -0.4 is 15.8 Å². The van der Waals surface area contributed by atoms with E-state index >= 15 is 0 Å². The highest BCUT2D eigenvalue weighted by Gasteiger charge is 2.31. The first-order chi connectivity index (χ1) is 17.1. The van der Waals surface area contributed by atoms with E-state index in [4.69, 9.17) is 10.5 Å². The van der Waals surface area contributed by atoms with Gasteiger partial charge in [0.2, 0.25) is 0 Å². The second-order valence-electron chi connectivity index (χ2n) is 9.34. The second kappa shape index (κ2) is 10.3. The molecule has 0 spiro atoms. The first kappa shape index (κ1) is 23.1. The van der Waals surface area contributed by atoms with Gasteiger partial charge in [-0.25, -0.2) is 0 Å². The number of ether oxygens (including phenoxy) is 1. The van der Waals surface area contributed by atoms with Crippen molar-refractivity contribution in [3.8, 4) is 22.8 Å². The van der Waals surface area contributed by atoms with Crippen molar-refractivity contribution in [1.82, 2.24) is 20.4 Å². The lowest BCUT2D eigenvalue weighted by molar-refractivity contribution is 0.0629. The summed E-state index contributed by atoms with van der Waals surface area (Å²) in [6.07, 6.45) is 2.86. The maximum absolute atomic E-state index is 12.9. The Bertz CT molecular complexity index is 1170. The zero-order valence-corrected chi connectivity index (χ0v) is 19.7. The standard InChI is InChI=1S/C27H31N5O3/c28-26-25(15-23(30-31-26)22-3-1-2-4-24(22)33)35-14-11-18-5-7-20(8-6-18)27(34)32-12-9-19(10-13-32)21-16-29-17-21/h1-8,15,19,21,29,33H,9-14,16-17H2,(H2,28,31). The van der Waals surface area contributed by atoms with Gasteiger partial charge in [0, 0.05) is 36.7 Å². The molecular weight excluding hydrogens is 442 g/mol. The molecule has 35 heavy (non-hydrogen) atoms. The van der Waals surface area contributed by atoms with Crippen LogP contribution in [0.5, 0.6) is 11.5 Å². The fourth-order valence-corrected chi connectivity index (χ4v) is 4.82. The molecule has 1 amide bonds. The fourth-order valence-electron chi connectivity index (χ4n) is 4.82. The smallest absolute Gasteiger partial charge is 0.253 e. The van der Waals surface area contributed by atoms with E-state index in [2.05, 4.69) is 15.5 Å². The summed E-state index contributed by atoms with van der Waals surface area (Å²) < 4.78 is 5.87. The second-order valence-corrected chi connectivity index (χ2v) is 9.34. The number of nitrogen functional groups attached to an aromatic ring is 1. The summed E-state index contributed by atoms with van der Waals surface area (Å²) in [4.78, 5) is 14.9. The average molecular weight is 474 g/mol. The van der Waals surface area contributed by atoms with Crippen molar-refractivity contribution >= 4 is 11.7 Å². The SMILES string of the molecule is Nc1nnc(-c2ccccc2O)cc1OCCc1ccc(C(=O)N2CCC(C3CNC3)CC2)cc1. The quantitative estimate of drug-likeness (QED) is 0.483. The van der Waals surface area contributed by atoms with Crippen molar-refractivity contribution in [3.05, 3.63) is 65.7 Å². The van der Waals surface area contributed by atoms with Crippen LogP contribution in [-0.2, 0) is 6.42 Å². The van der Waals surface area contributed by atoms with E-state index in [1.54, 1.807) is 24.3 Å². The zero-order valence-electron chi connectivity index (χ0n) is 19.7. The van der Waals surface area contributed by atoms with Gasteiger partial charge in [-0.2, -0.15) is 0 Å². The minimum absolute atomic E-state index is 0.116. The number of aromatic hydroxyl groups is 1. The van der Waals surface area contributed by atoms with Gasteiger partial charge in [-0.3, -0.25) is 4.79 Å². The Balaban J connectivity index is 1.14. The van der Waals surface area contributed by atoms with Crippen LogP contribution in [0.2, 0.25) is 0 Å². The largest absolute Gasteiger partial charge is 0.507 e. The van der Waals surface area contributed by atoms with Crippen molar-refractivity contribution in [1.29, 1.82) is 0 Å². The average Bonchev–Trinajstić information content (AvgIpc) is 2.85. The third-order valence-corrected chi connectivity index (χ3v) is 7.12. The molecule has 0 unspecified atom stereocenters. The molecule has 3 aromatic rings. The molecule has 8 nitrogen and oxygen atoms in total. The number of nitrogens with two attached hydrogens (primary N) is 1. The third-order valence-electron chi connectivity index (χ3n) is 7.12. The minimum Gasteiger partial charge on any atom is -0.507 e. The molecule has 0 aliphatic carbocycles. The topological polar surface area (TPSA) is 114 Å². The first-order valence-corrected chi connectivity index (χ1v) is 12.2. The normalized spacial score (nSPS) is 16.6. The molecule has 182 valence electrons. The molecule has 2 fully saturated rings. The van der Waals surface area contributed by atoms with Crippen LogP contribution in [0.3, 0.4) is 0 Å². The van der Waals surface area contributed by atoms with Gasteiger partial charge in [-0.05, 0) is 67.6 Å². The number of aromatic nitrogens is 2. The molecule has 2 aromatic carbocycles. The number of carbonyl (C=O) groups is 1. The van der Waals surface area contributed by atoms with E-state index in [0.29, 0.717) is 30.0 Å². The highest BCUT2D eigenvalue weighted by Crippen LogP contribution is 2.31. The fraction of sp³-hybridized carbons (Fsp3) is 0.370. The number of nitrogens with zero attached hydrogens (tertiary/aromatic N) is 3. The van der Waals surface area contributed by atoms with E-state index in [9.17, 15) is 9.90 Å². The summed E-state index contributed by atoms with van der Waals surface area (Å²) in [5.41, 5.74) is 8.79. The van der Waals surface area contributed by atoms with Gasteiger partial charge >= 0.3 is 0 Å². The van der Waals surface area contributed by atoms with Crippen LogP contribution >= 0.6 is 0 Å². The van der Waals surface area contributed by atoms with Crippen LogP contribution in [0.1, 0.15) is 28.8 Å². The number of hydrogen-bond donors (Lipinski definition) is 3. The number of rotatable bonds is 7. The van der Waals surface area contributed by atoms with Gasteiger partial charge < -0.3 is 25.8 Å². The first-order valence-electron chi connectivity index (χ1n) is 12.2. The highest BCUT2D eigenvalue weighted by atomic mass is 16.5. The summed E-state index contributed by atoms with van der Waals surface area (Å²) in [6.45, 7) is 4.35. The molecule has 0 bridgehead atoms. The Kier molecular flexibility index (Phi) is 6.81. The molecule has 3 heterocycles. The summed E-state index contributed by atoms with van der Waals surface area (Å²) >= 11 is 0. The van der Waals surface area contributed by atoms with Gasteiger partial charge in [0.25, 0.3) is 5.91 Å². The number of phenols is 1. The van der Waals surface area contributed by atoms with Crippen molar-refractivity contribution in [2.75, 3.05) is 38.5 Å². The lowest BCUT2D eigenvalue weighted by atomic mass is 9.81. The molecule has 2 aliphatic rings. The van der Waals surface area contributed by atoms with Crippen molar-refractivity contribution in [2.45, 2.75) is 19.3 Å². The van der Waals surface area contributed by atoms with Crippen LogP contribution in [0, 0.1) is 11.8 Å². The molecule has 0 radical (unpaired) electrons. The Morgan fingerprint density at radius 2 is 1.80 bits per heavy atom. The Labute approximate surface area is 205 Å². The number of amides is 1. The van der Waals surface area contributed by atoms with E-state index < -0.39 is 0 Å². The Morgan fingerprint density at radius 1 is 1.06 bits per heavy atom. The summed E-state index contributed by atoms with van der Waals surface area (Å²) in [5, 5.41) is 21.5. The Hall–Kier alpha value is -3.65. The predicted molar refractivity (Wildman–Crippen MR) is 134 cm³/mol. The zero-order chi connectivity index (χ0) is 24.2. The number of carbonyl (C=O) groups excluding carboxylic acids is 1. The number of hydrogen-bond acceptors (Lipinski definition) is 7. The van der Waals surface area contributed by atoms with E-state index in [1.807, 2.05) is 35.2 Å². The lowest BCUT2D eigenvalue weighted by Gasteiger charge is -2.40. The molecule has 0 saturated carbocycles. The van der Waals surface area contributed by atoms with Gasteiger partial charge in [0.15, 0.2) is 11.6 Å².